The third kappa shape index (κ3) is 70.7. The summed E-state index contributed by atoms with van der Waals surface area (Å²) in [5.41, 5.74) is 0. The number of esters is 5. The number of carbonyl (C=O) groups excluding carboxylic acids is 7. The SMILES string of the molecule is CCCCCCCCCCCCCCCC(=O)OC(CCCCCCCCCCC)CC(=O)N[C@@H]1[C@@H](OC(=O)CC(O)CCCCCCCCCCC)[C@H](O)[C@@H](CO[C@@H]2O[C@H](CO)[C@@H](OP(=O)(O)O)[C@H](OC(=O)CC(CCCCCCCCCCC)OC(=O)CCCCCCCCCCCCC)[C@H]2NC(=O)CC(CCCCCCCCCCC)OC(=O)CCCCCCCCCCC)O[C@@H]1O. The Hall–Kier alpha value is -3.88. The number of hydrogen-bond acceptors (Lipinski definition) is 21. The summed E-state index contributed by atoms with van der Waals surface area (Å²) in [5.74, 6) is -4.98. The number of aliphatic hydroxyl groups is 4. The van der Waals surface area contributed by atoms with Crippen molar-refractivity contribution < 1.29 is 111 Å². The molecule has 0 aliphatic carbocycles. The molecule has 0 spiro atoms. The van der Waals surface area contributed by atoms with Gasteiger partial charge in [0.25, 0.3) is 0 Å². The van der Waals surface area contributed by atoms with Crippen LogP contribution in [0.15, 0.2) is 0 Å². The first-order valence-corrected chi connectivity index (χ1v) is 58.5. The van der Waals surface area contributed by atoms with Crippen LogP contribution in [0.3, 0.4) is 0 Å². The van der Waals surface area contributed by atoms with Gasteiger partial charge in [-0.1, -0.05) is 453 Å². The van der Waals surface area contributed by atoms with E-state index in [-0.39, 0.29) is 38.5 Å². The van der Waals surface area contributed by atoms with Gasteiger partial charge in [-0.2, -0.15) is 0 Å². The van der Waals surface area contributed by atoms with Crippen molar-refractivity contribution in [3.05, 3.63) is 0 Å². The fourth-order valence-electron chi connectivity index (χ4n) is 19.0. The van der Waals surface area contributed by atoms with Gasteiger partial charge in [0.1, 0.15) is 54.8 Å². The number of hydrogen-bond donors (Lipinski definition) is 8. The van der Waals surface area contributed by atoms with Gasteiger partial charge in [0.05, 0.1) is 45.0 Å². The number of amides is 2. The highest BCUT2D eigenvalue weighted by Gasteiger charge is 2.54. The number of rotatable bonds is 97. The van der Waals surface area contributed by atoms with Crippen LogP contribution in [0.2, 0.25) is 0 Å². The van der Waals surface area contributed by atoms with Crippen LogP contribution in [-0.2, 0) is 80.5 Å². The van der Waals surface area contributed by atoms with E-state index >= 15 is 9.59 Å². The molecule has 14 atom stereocenters. The van der Waals surface area contributed by atoms with Crippen LogP contribution in [0.5, 0.6) is 0 Å². The summed E-state index contributed by atoms with van der Waals surface area (Å²) < 4.78 is 68.8. The van der Waals surface area contributed by atoms with Crippen LogP contribution in [0, 0.1) is 0 Å². The molecule has 2 aliphatic heterocycles. The van der Waals surface area contributed by atoms with Crippen molar-refractivity contribution in [3.8, 4) is 0 Å². The molecule has 2 heterocycles. The van der Waals surface area contributed by atoms with E-state index < -0.39 is 168 Å². The highest BCUT2D eigenvalue weighted by molar-refractivity contribution is 7.46. The Balaban J connectivity index is 2.82. The van der Waals surface area contributed by atoms with Crippen molar-refractivity contribution in [2.24, 2.45) is 0 Å². The Bertz CT molecular complexity index is 2890. The first-order valence-electron chi connectivity index (χ1n) is 56.9. The van der Waals surface area contributed by atoms with Gasteiger partial charge >= 0.3 is 37.7 Å². The zero-order valence-electron chi connectivity index (χ0n) is 87.6. The van der Waals surface area contributed by atoms with E-state index in [0.717, 1.165) is 257 Å². The third-order valence-electron chi connectivity index (χ3n) is 27.4. The first-order chi connectivity index (χ1) is 66.1. The van der Waals surface area contributed by atoms with Crippen molar-refractivity contribution in [2.45, 2.75) is 648 Å². The minimum absolute atomic E-state index is 0.105. The summed E-state index contributed by atoms with van der Waals surface area (Å²) in [6.45, 7) is 13.5. The second kappa shape index (κ2) is 88.8. The van der Waals surface area contributed by atoms with E-state index in [0.29, 0.717) is 57.8 Å². The van der Waals surface area contributed by atoms with Gasteiger partial charge in [-0.15, -0.1) is 0 Å². The molecular weight excluding hydrogens is 1750 g/mol. The largest absolute Gasteiger partial charge is 0.470 e. The fourth-order valence-corrected chi connectivity index (χ4v) is 19.6. The lowest BCUT2D eigenvalue weighted by Crippen LogP contribution is -2.68. The fraction of sp³-hybridized carbons (Fsp3) is 0.936. The van der Waals surface area contributed by atoms with Gasteiger partial charge in [0.2, 0.25) is 11.8 Å². The lowest BCUT2D eigenvalue weighted by Gasteiger charge is -2.46. The molecule has 4 unspecified atom stereocenters. The molecule has 136 heavy (non-hydrogen) atoms. The molecule has 25 nitrogen and oxygen atoms in total. The molecular formula is C110H207N2O23P. The number of unbranched alkanes of at least 4 members (excludes halogenated alkanes) is 62. The maximum absolute atomic E-state index is 15.3. The normalized spacial score (nSPS) is 19.4. The predicted molar refractivity (Wildman–Crippen MR) is 544 cm³/mol. The maximum atomic E-state index is 15.3. The van der Waals surface area contributed by atoms with Crippen LogP contribution >= 0.6 is 7.82 Å². The number of phosphoric ester groups is 1. The van der Waals surface area contributed by atoms with E-state index in [1.807, 2.05) is 0 Å². The Morgan fingerprint density at radius 2 is 0.574 bits per heavy atom. The van der Waals surface area contributed by atoms with Crippen molar-refractivity contribution in [2.75, 3.05) is 13.2 Å². The van der Waals surface area contributed by atoms with Crippen molar-refractivity contribution in [1.29, 1.82) is 0 Å². The summed E-state index contributed by atoms with van der Waals surface area (Å²) in [4.78, 5) is 123. The summed E-state index contributed by atoms with van der Waals surface area (Å²) >= 11 is 0. The van der Waals surface area contributed by atoms with Gasteiger partial charge < -0.3 is 78.7 Å². The van der Waals surface area contributed by atoms with E-state index in [1.54, 1.807) is 0 Å². The van der Waals surface area contributed by atoms with Crippen LogP contribution in [0.4, 0.5) is 0 Å². The topological polar surface area (TPSA) is 365 Å². The van der Waals surface area contributed by atoms with Gasteiger partial charge in [0, 0.05) is 19.3 Å². The number of carbonyl (C=O) groups is 7. The van der Waals surface area contributed by atoms with Crippen molar-refractivity contribution in [3.63, 3.8) is 0 Å². The van der Waals surface area contributed by atoms with Crippen LogP contribution in [0.1, 0.15) is 562 Å². The van der Waals surface area contributed by atoms with Crippen LogP contribution < -0.4 is 10.6 Å². The summed E-state index contributed by atoms with van der Waals surface area (Å²) in [6.07, 6.45) is 52.7. The number of ether oxygens (including phenoxy) is 8. The minimum atomic E-state index is -5.65. The first kappa shape index (κ1) is 128. The van der Waals surface area contributed by atoms with Gasteiger partial charge in [-0.3, -0.25) is 38.1 Å². The molecule has 0 aromatic rings. The zero-order valence-corrected chi connectivity index (χ0v) is 88.5. The molecule has 2 amide bonds. The summed E-state index contributed by atoms with van der Waals surface area (Å²) in [6, 6.07) is -3.53. The Kier molecular flexibility index (Phi) is 83.7. The predicted octanol–water partition coefficient (Wildman–Crippen LogP) is 26.5. The smallest absolute Gasteiger partial charge is 0.462 e. The Morgan fingerprint density at radius 1 is 0.309 bits per heavy atom. The monoisotopic (exact) mass is 1960 g/mol. The molecule has 2 fully saturated rings. The standard InChI is InChI=1S/C110H207N2O23P/c1-8-15-22-29-36-43-45-46-48-55-62-68-75-81-98(117)128-91(78-71-64-57-50-39-32-25-18-11-4)85-96(115)111-103-107(133-101(120)84-90(114)77-70-63-56-49-38-31-24-17-10-3)105(122)95(131-109(103)123)89-127-110-104(112-97(116)86-92(79-72-65-58-51-40-33-26-19-12-5)129-99(118)82-74-67-60-53-42-35-28-21-14-7)108(106(94(88-113)132-110)135-136(124,125)126)134-102(121)87-93(80-73-66-59-52-41-34-27-20-13-6)130-100(119)83-76-69-61-54-47-44-37-30-23-16-9-2/h90-95,103-110,113-114,122-123H,8-89H2,1-7H3,(H,111,115)(H,112,116)(H2,124,125,126)/t90?,91?,92?,93?,94-,95-,103-,104-,105-,106-,107-,108-,109+,110-/m1/s1. The number of nitrogens with one attached hydrogen (secondary N) is 2. The molecule has 2 rings (SSSR count). The van der Waals surface area contributed by atoms with Crippen molar-refractivity contribution >= 4 is 49.5 Å². The third-order valence-corrected chi connectivity index (χ3v) is 27.9. The summed E-state index contributed by atoms with van der Waals surface area (Å²) in [5, 5.41) is 53.3. The molecule has 8 N–H and O–H groups in total. The Labute approximate surface area is 827 Å². The van der Waals surface area contributed by atoms with Gasteiger partial charge in [-0.25, -0.2) is 4.57 Å². The lowest BCUT2D eigenvalue weighted by atomic mass is 9.95. The van der Waals surface area contributed by atoms with E-state index in [2.05, 4.69) is 59.1 Å². The molecule has 26 heteroatoms. The molecule has 2 aliphatic rings. The minimum Gasteiger partial charge on any atom is -0.462 e. The molecule has 0 aromatic carbocycles. The number of aliphatic hydroxyl groups excluding tert-OH is 4. The van der Waals surface area contributed by atoms with Gasteiger partial charge in [-0.05, 0) is 64.2 Å². The Morgan fingerprint density at radius 3 is 0.875 bits per heavy atom. The maximum Gasteiger partial charge on any atom is 0.470 e. The average Bonchev–Trinajstić information content (AvgIpc) is 0.775. The average molecular weight is 1960 g/mol. The molecule has 0 radical (unpaired) electrons. The molecule has 2 saturated heterocycles. The van der Waals surface area contributed by atoms with Crippen LogP contribution in [-0.4, -0.2) is 171 Å². The summed E-state index contributed by atoms with van der Waals surface area (Å²) in [7, 11) is -5.65. The van der Waals surface area contributed by atoms with E-state index in [9.17, 15) is 58.8 Å². The highest BCUT2D eigenvalue weighted by atomic mass is 31.2. The lowest BCUT2D eigenvalue weighted by molar-refractivity contribution is -0.298. The molecule has 800 valence electrons. The second-order valence-electron chi connectivity index (χ2n) is 40.4. The van der Waals surface area contributed by atoms with E-state index in [4.69, 9.17) is 42.4 Å². The van der Waals surface area contributed by atoms with Crippen molar-refractivity contribution in [1.82, 2.24) is 10.6 Å². The van der Waals surface area contributed by atoms with E-state index in [1.165, 1.54) is 141 Å². The van der Waals surface area contributed by atoms with Crippen LogP contribution in [0.25, 0.3) is 0 Å². The molecule has 0 aromatic heterocycles. The number of phosphoric acid groups is 1. The van der Waals surface area contributed by atoms with Gasteiger partial charge in [0.15, 0.2) is 24.8 Å². The quantitative estimate of drug-likeness (QED) is 0.0121. The zero-order chi connectivity index (χ0) is 99.4. The second-order valence-corrected chi connectivity index (χ2v) is 41.6. The highest BCUT2D eigenvalue weighted by Crippen LogP contribution is 2.43. The molecule has 0 bridgehead atoms. The molecule has 0 saturated carbocycles.